The Labute approximate surface area is 331 Å². The van der Waals surface area contributed by atoms with E-state index in [2.05, 4.69) is 15.1 Å². The van der Waals surface area contributed by atoms with Crippen LogP contribution in [-0.4, -0.2) is 107 Å². The lowest BCUT2D eigenvalue weighted by atomic mass is 9.92. The zero-order valence-corrected chi connectivity index (χ0v) is 33.1. The molecule has 0 aromatic heterocycles. The second-order valence-electron chi connectivity index (χ2n) is 14.3. The Morgan fingerprint density at radius 2 is 1.05 bits per heavy atom. The van der Waals surface area contributed by atoms with Gasteiger partial charge in [0.25, 0.3) is 0 Å². The minimum absolute atomic E-state index is 0.0683. The number of carbonyl (C=O) groups is 4. The van der Waals surface area contributed by atoms with Gasteiger partial charge in [-0.25, -0.2) is 0 Å². The summed E-state index contributed by atoms with van der Waals surface area (Å²) in [6.07, 6.45) is 1.68. The van der Waals surface area contributed by atoms with Crippen molar-refractivity contribution in [2.75, 3.05) is 77.4 Å². The Morgan fingerprint density at radius 1 is 0.607 bits per heavy atom. The lowest BCUT2D eigenvalue weighted by molar-refractivity contribution is -0.127. The van der Waals surface area contributed by atoms with Crippen LogP contribution < -0.4 is 24.6 Å². The number of likely N-dealkylation sites (N-methyl/N-ethyl adjacent to an activating group) is 1. The zero-order valence-electron chi connectivity index (χ0n) is 33.1. The average Bonchev–Trinajstić information content (AvgIpc) is 3.24. The number of methoxy groups -OCH3 is 2. The second-order valence-corrected chi connectivity index (χ2v) is 14.3. The molecule has 296 valence electrons. The highest BCUT2D eigenvalue weighted by Gasteiger charge is 2.28. The predicted octanol–water partition coefficient (Wildman–Crippen LogP) is 5.27. The van der Waals surface area contributed by atoms with Crippen LogP contribution in [0.2, 0.25) is 0 Å². The summed E-state index contributed by atoms with van der Waals surface area (Å²) in [7, 11) is 6.67. The van der Waals surface area contributed by atoms with Gasteiger partial charge < -0.3 is 34.4 Å². The number of ketones is 1. The van der Waals surface area contributed by atoms with Gasteiger partial charge >= 0.3 is 0 Å². The minimum atomic E-state index is -0.725. The molecule has 0 bridgehead atoms. The van der Waals surface area contributed by atoms with Crippen molar-refractivity contribution in [2.24, 2.45) is 5.92 Å². The van der Waals surface area contributed by atoms with E-state index in [9.17, 15) is 19.2 Å². The summed E-state index contributed by atoms with van der Waals surface area (Å²) >= 11 is 0. The van der Waals surface area contributed by atoms with Gasteiger partial charge in [-0.3, -0.25) is 19.2 Å². The SMILES string of the molecule is COc1ccc(N(C)C(=O)[C@@H](CC(=O)CCN2CCN(CCC(=O)N[C@@H](Cc3ccccc3)C(=O)N(C)c3ccc(OC)cc3)CC2)Cc2ccccc2)cc1. The fourth-order valence-electron chi connectivity index (χ4n) is 6.99. The third kappa shape index (κ3) is 12.2. The van der Waals surface area contributed by atoms with Crippen LogP contribution in [0.1, 0.15) is 30.4 Å². The van der Waals surface area contributed by atoms with E-state index in [4.69, 9.17) is 9.47 Å². The van der Waals surface area contributed by atoms with Crippen LogP contribution in [0.4, 0.5) is 11.4 Å². The molecule has 1 aliphatic heterocycles. The smallest absolute Gasteiger partial charge is 0.249 e. The molecule has 3 amide bonds. The van der Waals surface area contributed by atoms with Gasteiger partial charge in [0.1, 0.15) is 23.3 Å². The molecule has 1 heterocycles. The standard InChI is InChI=1S/C45H55N5O6/c1-47(37-15-19-40(55-3)20-16-37)44(53)36(31-34-11-7-5-8-12-34)33-39(51)23-25-49-27-29-50(30-28-49)26-24-43(52)46-42(32-35-13-9-6-10-14-35)45(54)48(2)38-17-21-41(56-4)22-18-38/h5-22,36,42H,23-33H2,1-4H3,(H,46,52)/t36-,42+/m1/s1. The van der Waals surface area contributed by atoms with E-state index < -0.39 is 12.0 Å². The number of carbonyl (C=O) groups excluding carboxylic acids is 4. The van der Waals surface area contributed by atoms with Gasteiger partial charge in [-0.2, -0.15) is 0 Å². The van der Waals surface area contributed by atoms with Gasteiger partial charge in [0.15, 0.2) is 0 Å². The summed E-state index contributed by atoms with van der Waals surface area (Å²) in [4.78, 5) is 61.8. The van der Waals surface area contributed by atoms with Crippen molar-refractivity contribution in [1.29, 1.82) is 0 Å². The van der Waals surface area contributed by atoms with E-state index in [0.717, 1.165) is 43.0 Å². The van der Waals surface area contributed by atoms with E-state index >= 15 is 0 Å². The molecular formula is C45H55N5O6. The van der Waals surface area contributed by atoms with Gasteiger partial charge in [0.2, 0.25) is 17.7 Å². The van der Waals surface area contributed by atoms with Crippen molar-refractivity contribution in [3.05, 3.63) is 120 Å². The van der Waals surface area contributed by atoms with Crippen LogP contribution in [0.3, 0.4) is 0 Å². The van der Waals surface area contributed by atoms with Gasteiger partial charge in [0, 0.05) is 96.3 Å². The van der Waals surface area contributed by atoms with Crippen molar-refractivity contribution in [3.8, 4) is 11.5 Å². The first-order chi connectivity index (χ1) is 27.1. The van der Waals surface area contributed by atoms with Gasteiger partial charge in [-0.1, -0.05) is 60.7 Å². The number of anilines is 2. The molecule has 4 aromatic carbocycles. The number of nitrogens with one attached hydrogen (secondary N) is 1. The monoisotopic (exact) mass is 761 g/mol. The summed E-state index contributed by atoms with van der Waals surface area (Å²) in [5, 5.41) is 3.02. The Kier molecular flexibility index (Phi) is 15.6. The van der Waals surface area contributed by atoms with E-state index in [1.54, 1.807) is 50.2 Å². The highest BCUT2D eigenvalue weighted by atomic mass is 16.5. The quantitative estimate of drug-likeness (QED) is 0.138. The Balaban J connectivity index is 1.09. The summed E-state index contributed by atoms with van der Waals surface area (Å²) in [5.74, 6) is 0.532. The van der Waals surface area contributed by atoms with Crippen molar-refractivity contribution in [3.63, 3.8) is 0 Å². The fourth-order valence-corrected chi connectivity index (χ4v) is 6.99. The molecule has 56 heavy (non-hydrogen) atoms. The third-order valence-corrected chi connectivity index (χ3v) is 10.5. The molecule has 1 fully saturated rings. The Morgan fingerprint density at radius 3 is 1.54 bits per heavy atom. The van der Waals surface area contributed by atoms with Gasteiger partial charge in [0.05, 0.1) is 14.2 Å². The number of ether oxygens (including phenoxy) is 2. The number of hydrogen-bond acceptors (Lipinski definition) is 8. The maximum atomic E-state index is 13.7. The number of Topliss-reactive ketones (excluding diaryl/α,β-unsaturated/α-hetero) is 1. The number of rotatable bonds is 19. The van der Waals surface area contributed by atoms with E-state index in [1.165, 1.54) is 0 Å². The van der Waals surface area contributed by atoms with Crippen molar-refractivity contribution >= 4 is 34.9 Å². The molecule has 1 N–H and O–H groups in total. The summed E-state index contributed by atoms with van der Waals surface area (Å²) in [6.45, 7) is 4.31. The fraction of sp³-hybridized carbons (Fsp3) is 0.378. The molecule has 5 rings (SSSR count). The van der Waals surface area contributed by atoms with Crippen LogP contribution in [0, 0.1) is 5.92 Å². The average molecular weight is 762 g/mol. The molecule has 0 radical (unpaired) electrons. The highest BCUT2D eigenvalue weighted by molar-refractivity contribution is 5.99. The molecule has 1 saturated heterocycles. The molecule has 11 heteroatoms. The lowest BCUT2D eigenvalue weighted by Gasteiger charge is -2.34. The van der Waals surface area contributed by atoms with Crippen LogP contribution in [0.15, 0.2) is 109 Å². The summed E-state index contributed by atoms with van der Waals surface area (Å²) in [5.41, 5.74) is 3.43. The number of hydrogen-bond donors (Lipinski definition) is 1. The number of benzene rings is 4. The van der Waals surface area contributed by atoms with Crippen LogP contribution in [0.25, 0.3) is 0 Å². The van der Waals surface area contributed by atoms with E-state index in [0.29, 0.717) is 49.5 Å². The van der Waals surface area contributed by atoms with Crippen molar-refractivity contribution < 1.29 is 28.7 Å². The first-order valence-corrected chi connectivity index (χ1v) is 19.3. The topological polar surface area (TPSA) is 112 Å². The van der Waals surface area contributed by atoms with Crippen molar-refractivity contribution in [2.45, 2.75) is 38.1 Å². The molecule has 0 unspecified atom stereocenters. The molecule has 0 spiro atoms. The normalized spacial score (nSPS) is 14.3. The molecule has 0 aliphatic carbocycles. The Hall–Kier alpha value is -5.52. The van der Waals surface area contributed by atoms with Crippen LogP contribution >= 0.6 is 0 Å². The van der Waals surface area contributed by atoms with Gasteiger partial charge in [-0.05, 0) is 66.1 Å². The van der Waals surface area contributed by atoms with E-state index in [-0.39, 0.29) is 36.3 Å². The highest BCUT2D eigenvalue weighted by Crippen LogP contribution is 2.24. The van der Waals surface area contributed by atoms with Crippen molar-refractivity contribution in [1.82, 2.24) is 15.1 Å². The first kappa shape index (κ1) is 41.6. The van der Waals surface area contributed by atoms with Crippen LogP contribution in [-0.2, 0) is 32.0 Å². The molecule has 0 saturated carbocycles. The van der Waals surface area contributed by atoms with Gasteiger partial charge in [-0.15, -0.1) is 0 Å². The third-order valence-electron chi connectivity index (χ3n) is 10.5. The summed E-state index contributed by atoms with van der Waals surface area (Å²) in [6, 6.07) is 33.4. The molecule has 2 atom stereocenters. The number of nitrogens with zero attached hydrogens (tertiary/aromatic N) is 4. The maximum Gasteiger partial charge on any atom is 0.249 e. The molecule has 11 nitrogen and oxygen atoms in total. The van der Waals surface area contributed by atoms with E-state index in [1.807, 2.05) is 97.1 Å². The maximum absolute atomic E-state index is 13.7. The molecule has 1 aliphatic rings. The molecular weight excluding hydrogens is 707 g/mol. The zero-order chi connectivity index (χ0) is 39.9. The summed E-state index contributed by atoms with van der Waals surface area (Å²) < 4.78 is 10.5. The second kappa shape index (κ2) is 21.0. The first-order valence-electron chi connectivity index (χ1n) is 19.3. The largest absolute Gasteiger partial charge is 0.497 e. The number of amides is 3. The predicted molar refractivity (Wildman–Crippen MR) is 220 cm³/mol. The lowest BCUT2D eigenvalue weighted by Crippen LogP contribution is -2.50. The Bertz CT molecular complexity index is 1710. The number of piperazine rings is 1. The van der Waals surface area contributed by atoms with Crippen LogP contribution in [0.5, 0.6) is 11.5 Å². The molecule has 4 aromatic rings. The minimum Gasteiger partial charge on any atom is -0.497 e.